The summed E-state index contributed by atoms with van der Waals surface area (Å²) >= 11 is 0. The van der Waals surface area contributed by atoms with Crippen LogP contribution in [0.3, 0.4) is 0 Å². The van der Waals surface area contributed by atoms with E-state index < -0.39 is 6.29 Å². The van der Waals surface area contributed by atoms with Gasteiger partial charge in [-0.15, -0.1) is 0 Å². The third kappa shape index (κ3) is 5.15. The van der Waals surface area contributed by atoms with Crippen molar-refractivity contribution in [2.45, 2.75) is 44.2 Å². The predicted octanol–water partition coefficient (Wildman–Crippen LogP) is 4.06. The summed E-state index contributed by atoms with van der Waals surface area (Å²) in [5.41, 5.74) is 2.26. The molecule has 1 aliphatic heterocycles. The molecule has 132 valence electrons. The summed E-state index contributed by atoms with van der Waals surface area (Å²) in [6, 6.07) is 20.2. The molecule has 1 heterocycles. The lowest BCUT2D eigenvalue weighted by Gasteiger charge is -2.35. The molecular weight excluding hydrogens is 316 g/mol. The molecule has 0 aliphatic carbocycles. The van der Waals surface area contributed by atoms with Gasteiger partial charge in [0.05, 0.1) is 25.7 Å². The molecule has 1 fully saturated rings. The number of hydrogen-bond acceptors (Lipinski definition) is 4. The SMILES string of the molecule is COC(=O)C[C@H]1C[C@@H](CCc2ccccc2)O[C@@H](c2ccccc2)O1. The minimum Gasteiger partial charge on any atom is -0.469 e. The first kappa shape index (κ1) is 17.6. The van der Waals surface area contributed by atoms with Gasteiger partial charge in [0.15, 0.2) is 6.29 Å². The summed E-state index contributed by atoms with van der Waals surface area (Å²) in [5, 5.41) is 0. The van der Waals surface area contributed by atoms with Crippen molar-refractivity contribution in [3.05, 3.63) is 71.8 Å². The Morgan fingerprint density at radius 1 is 1.00 bits per heavy atom. The van der Waals surface area contributed by atoms with Crippen LogP contribution >= 0.6 is 0 Å². The maximum Gasteiger partial charge on any atom is 0.308 e. The highest BCUT2D eigenvalue weighted by Gasteiger charge is 2.32. The third-order valence-corrected chi connectivity index (χ3v) is 4.45. The van der Waals surface area contributed by atoms with Crippen LogP contribution in [0.15, 0.2) is 60.7 Å². The van der Waals surface area contributed by atoms with E-state index in [1.54, 1.807) is 0 Å². The molecule has 0 spiro atoms. The zero-order valence-electron chi connectivity index (χ0n) is 14.5. The van der Waals surface area contributed by atoms with E-state index >= 15 is 0 Å². The first-order chi connectivity index (χ1) is 12.2. The van der Waals surface area contributed by atoms with Crippen molar-refractivity contribution in [1.29, 1.82) is 0 Å². The average Bonchev–Trinajstić information content (AvgIpc) is 2.67. The Morgan fingerprint density at radius 2 is 1.64 bits per heavy atom. The summed E-state index contributed by atoms with van der Waals surface area (Å²) in [6.45, 7) is 0. The Hall–Kier alpha value is -2.17. The van der Waals surface area contributed by atoms with E-state index in [4.69, 9.17) is 14.2 Å². The smallest absolute Gasteiger partial charge is 0.308 e. The van der Waals surface area contributed by atoms with Crippen LogP contribution in [0.5, 0.6) is 0 Å². The Balaban J connectivity index is 1.67. The average molecular weight is 340 g/mol. The minimum atomic E-state index is -0.439. The van der Waals surface area contributed by atoms with Gasteiger partial charge < -0.3 is 14.2 Å². The molecule has 0 unspecified atom stereocenters. The lowest BCUT2D eigenvalue weighted by molar-refractivity contribution is -0.250. The molecule has 4 heteroatoms. The fourth-order valence-electron chi connectivity index (χ4n) is 3.11. The molecule has 2 aromatic carbocycles. The van der Waals surface area contributed by atoms with Crippen LogP contribution in [0.4, 0.5) is 0 Å². The molecule has 2 aromatic rings. The molecule has 1 aliphatic rings. The van der Waals surface area contributed by atoms with Gasteiger partial charge in [0.2, 0.25) is 0 Å². The molecule has 1 saturated heterocycles. The summed E-state index contributed by atoms with van der Waals surface area (Å²) < 4.78 is 17.0. The molecule has 0 aromatic heterocycles. The zero-order chi connectivity index (χ0) is 17.5. The summed E-state index contributed by atoms with van der Waals surface area (Å²) in [6.07, 6.45) is 2.22. The number of rotatable bonds is 6. The summed E-state index contributed by atoms with van der Waals surface area (Å²) in [4.78, 5) is 11.7. The monoisotopic (exact) mass is 340 g/mol. The van der Waals surface area contributed by atoms with Gasteiger partial charge in [-0.3, -0.25) is 4.79 Å². The van der Waals surface area contributed by atoms with Crippen molar-refractivity contribution >= 4 is 5.97 Å². The highest BCUT2D eigenvalue weighted by Crippen LogP contribution is 2.32. The number of carbonyl (C=O) groups is 1. The first-order valence-electron chi connectivity index (χ1n) is 8.71. The molecule has 0 saturated carbocycles. The van der Waals surface area contributed by atoms with Gasteiger partial charge in [0.25, 0.3) is 0 Å². The second-order valence-corrected chi connectivity index (χ2v) is 6.30. The Morgan fingerprint density at radius 3 is 2.32 bits per heavy atom. The van der Waals surface area contributed by atoms with Crippen LogP contribution in [0.1, 0.15) is 36.7 Å². The molecule has 3 rings (SSSR count). The van der Waals surface area contributed by atoms with Gasteiger partial charge >= 0.3 is 5.97 Å². The minimum absolute atomic E-state index is 0.0498. The number of esters is 1. The summed E-state index contributed by atoms with van der Waals surface area (Å²) in [7, 11) is 1.41. The number of methoxy groups -OCH3 is 1. The topological polar surface area (TPSA) is 44.8 Å². The quantitative estimate of drug-likeness (QED) is 0.744. The van der Waals surface area contributed by atoms with Gasteiger partial charge in [0.1, 0.15) is 0 Å². The lowest BCUT2D eigenvalue weighted by atomic mass is 9.99. The molecule has 25 heavy (non-hydrogen) atoms. The van der Waals surface area contributed by atoms with Crippen molar-refractivity contribution in [3.63, 3.8) is 0 Å². The molecule has 0 N–H and O–H groups in total. The molecule has 0 radical (unpaired) electrons. The van der Waals surface area contributed by atoms with E-state index in [0.29, 0.717) is 6.42 Å². The fourth-order valence-corrected chi connectivity index (χ4v) is 3.11. The highest BCUT2D eigenvalue weighted by atomic mass is 16.7. The number of aryl methyl sites for hydroxylation is 1. The van der Waals surface area contributed by atoms with E-state index in [-0.39, 0.29) is 24.6 Å². The Bertz CT molecular complexity index is 656. The molecule has 0 amide bonds. The van der Waals surface area contributed by atoms with Gasteiger partial charge in [0, 0.05) is 12.0 Å². The van der Waals surface area contributed by atoms with E-state index in [9.17, 15) is 4.79 Å². The lowest BCUT2D eigenvalue weighted by Crippen LogP contribution is -2.35. The first-order valence-corrected chi connectivity index (χ1v) is 8.71. The normalized spacial score (nSPS) is 23.2. The van der Waals surface area contributed by atoms with Crippen molar-refractivity contribution in [2.75, 3.05) is 7.11 Å². The van der Waals surface area contributed by atoms with Crippen LogP contribution in [-0.4, -0.2) is 25.3 Å². The van der Waals surface area contributed by atoms with Gasteiger partial charge in [-0.25, -0.2) is 0 Å². The van der Waals surface area contributed by atoms with Crippen LogP contribution in [0, 0.1) is 0 Å². The predicted molar refractivity (Wildman–Crippen MR) is 94.9 cm³/mol. The van der Waals surface area contributed by atoms with E-state index in [1.807, 2.05) is 48.5 Å². The van der Waals surface area contributed by atoms with Crippen molar-refractivity contribution < 1.29 is 19.0 Å². The second kappa shape index (κ2) is 8.79. The second-order valence-electron chi connectivity index (χ2n) is 6.30. The van der Waals surface area contributed by atoms with Gasteiger partial charge in [-0.2, -0.15) is 0 Å². The maximum atomic E-state index is 11.7. The molecule has 4 nitrogen and oxygen atoms in total. The van der Waals surface area contributed by atoms with Crippen LogP contribution in [-0.2, 0) is 25.4 Å². The van der Waals surface area contributed by atoms with Gasteiger partial charge in [-0.1, -0.05) is 60.7 Å². The fraction of sp³-hybridized carbons (Fsp3) is 0.381. The summed E-state index contributed by atoms with van der Waals surface area (Å²) in [5.74, 6) is -0.250. The van der Waals surface area contributed by atoms with E-state index in [2.05, 4.69) is 12.1 Å². The van der Waals surface area contributed by atoms with E-state index in [1.165, 1.54) is 12.7 Å². The van der Waals surface area contributed by atoms with Crippen molar-refractivity contribution in [3.8, 4) is 0 Å². The van der Waals surface area contributed by atoms with Crippen LogP contribution in [0.25, 0.3) is 0 Å². The number of hydrogen-bond donors (Lipinski definition) is 0. The zero-order valence-corrected chi connectivity index (χ0v) is 14.5. The Labute approximate surface area is 148 Å². The van der Waals surface area contributed by atoms with Crippen molar-refractivity contribution in [2.24, 2.45) is 0 Å². The maximum absolute atomic E-state index is 11.7. The number of ether oxygens (including phenoxy) is 3. The number of carbonyl (C=O) groups excluding carboxylic acids is 1. The highest BCUT2D eigenvalue weighted by molar-refractivity contribution is 5.69. The standard InChI is InChI=1S/C21H24O4/c1-23-20(22)15-19-14-18(13-12-16-8-4-2-5-9-16)24-21(25-19)17-10-6-3-7-11-17/h2-11,18-19,21H,12-15H2,1H3/t18-,19-,21-/m1/s1. The Kier molecular flexibility index (Phi) is 6.20. The largest absolute Gasteiger partial charge is 0.469 e. The van der Waals surface area contributed by atoms with Crippen LogP contribution < -0.4 is 0 Å². The number of benzene rings is 2. The van der Waals surface area contributed by atoms with E-state index in [0.717, 1.165) is 18.4 Å². The van der Waals surface area contributed by atoms with Gasteiger partial charge in [-0.05, 0) is 18.4 Å². The molecule has 0 bridgehead atoms. The third-order valence-electron chi connectivity index (χ3n) is 4.45. The molecule has 3 atom stereocenters. The molecular formula is C21H24O4. The van der Waals surface area contributed by atoms with Crippen LogP contribution in [0.2, 0.25) is 0 Å². The van der Waals surface area contributed by atoms with Crippen molar-refractivity contribution in [1.82, 2.24) is 0 Å².